The van der Waals surface area contributed by atoms with Crippen LogP contribution < -0.4 is 0 Å². The van der Waals surface area contributed by atoms with Crippen LogP contribution in [0.15, 0.2) is 102 Å². The maximum atomic E-state index is 14.0. The molecule has 8 heteroatoms. The number of para-hydroxylation sites is 2. The first kappa shape index (κ1) is 27.6. The number of carbonyl (C=O) groups is 1. The number of aromatic nitrogens is 2. The van der Waals surface area contributed by atoms with Crippen LogP contribution in [0, 0.1) is 0 Å². The summed E-state index contributed by atoms with van der Waals surface area (Å²) in [6.45, 7) is 2.91. The lowest BCUT2D eigenvalue weighted by molar-refractivity contribution is -0.132. The van der Waals surface area contributed by atoms with Gasteiger partial charge >= 0.3 is 0 Å². The molecule has 2 aromatic heterocycles. The van der Waals surface area contributed by atoms with Crippen LogP contribution in [0.4, 0.5) is 0 Å². The molecule has 0 aliphatic rings. The summed E-state index contributed by atoms with van der Waals surface area (Å²) < 4.78 is 29.3. The van der Waals surface area contributed by atoms with Gasteiger partial charge in [-0.1, -0.05) is 80.1 Å². The molecule has 0 atom stereocenters. The van der Waals surface area contributed by atoms with Crippen molar-refractivity contribution in [3.8, 4) is 0 Å². The van der Waals surface area contributed by atoms with E-state index in [1.54, 1.807) is 29.3 Å². The van der Waals surface area contributed by atoms with Crippen molar-refractivity contribution < 1.29 is 13.2 Å². The lowest BCUT2D eigenvalue weighted by Crippen LogP contribution is -2.43. The Labute approximate surface area is 235 Å². The molecule has 0 unspecified atom stereocenters. The number of pyridine rings is 1. The van der Waals surface area contributed by atoms with E-state index in [4.69, 9.17) is 0 Å². The van der Waals surface area contributed by atoms with Gasteiger partial charge in [-0.3, -0.25) is 9.78 Å². The highest BCUT2D eigenvalue weighted by Gasteiger charge is 2.30. The Morgan fingerprint density at radius 3 is 2.50 bits per heavy atom. The Hall–Kier alpha value is -4.01. The molecule has 0 bridgehead atoms. The summed E-state index contributed by atoms with van der Waals surface area (Å²) in [6, 6.07) is 26.7. The fourth-order valence-corrected chi connectivity index (χ4v) is 6.58. The van der Waals surface area contributed by atoms with E-state index in [0.29, 0.717) is 31.4 Å². The summed E-state index contributed by atoms with van der Waals surface area (Å²) >= 11 is 0. The Bertz CT molecular complexity index is 1690. The molecule has 0 aliphatic heterocycles. The quantitative estimate of drug-likeness (QED) is 0.212. The minimum Gasteiger partial charge on any atom is -0.361 e. The van der Waals surface area contributed by atoms with Crippen LogP contribution in [0.5, 0.6) is 0 Å². The van der Waals surface area contributed by atoms with Gasteiger partial charge in [0.25, 0.3) is 0 Å². The van der Waals surface area contributed by atoms with Gasteiger partial charge < -0.3 is 9.88 Å². The number of rotatable bonds is 12. The number of hydrogen-bond donors (Lipinski definition) is 1. The largest absolute Gasteiger partial charge is 0.361 e. The van der Waals surface area contributed by atoms with Gasteiger partial charge in [0, 0.05) is 48.3 Å². The number of benzene rings is 3. The van der Waals surface area contributed by atoms with E-state index in [2.05, 4.69) is 16.0 Å². The van der Waals surface area contributed by atoms with E-state index < -0.39 is 10.0 Å². The van der Waals surface area contributed by atoms with Crippen LogP contribution in [-0.2, 0) is 27.8 Å². The second-order valence-corrected chi connectivity index (χ2v) is 11.8. The zero-order valence-corrected chi connectivity index (χ0v) is 23.5. The lowest BCUT2D eigenvalue weighted by Gasteiger charge is -2.28. The summed E-state index contributed by atoms with van der Waals surface area (Å²) in [5.74, 6) is -0.225. The van der Waals surface area contributed by atoms with E-state index in [1.165, 1.54) is 4.31 Å². The van der Waals surface area contributed by atoms with Crippen LogP contribution in [0.2, 0.25) is 0 Å². The summed E-state index contributed by atoms with van der Waals surface area (Å²) in [4.78, 5) is 23.4. The van der Waals surface area contributed by atoms with Gasteiger partial charge in [0.05, 0.1) is 12.1 Å². The van der Waals surface area contributed by atoms with Crippen molar-refractivity contribution in [2.45, 2.75) is 37.6 Å². The third kappa shape index (κ3) is 6.08. The molecule has 5 rings (SSSR count). The number of aromatic amines is 1. The molecular weight excluding hydrogens is 520 g/mol. The van der Waals surface area contributed by atoms with E-state index in [1.807, 2.05) is 73.8 Å². The molecule has 5 aromatic rings. The second-order valence-electron chi connectivity index (χ2n) is 9.93. The number of amides is 1. The molecule has 1 N–H and O–H groups in total. The van der Waals surface area contributed by atoms with Gasteiger partial charge in [-0.2, -0.15) is 4.31 Å². The number of carbonyl (C=O) groups excluding carboxylic acids is 1. The number of sulfonamides is 1. The Morgan fingerprint density at radius 1 is 0.900 bits per heavy atom. The Balaban J connectivity index is 1.42. The third-order valence-corrected chi connectivity index (χ3v) is 9.06. The van der Waals surface area contributed by atoms with Crippen molar-refractivity contribution in [1.82, 2.24) is 19.2 Å². The molecule has 0 fully saturated rings. The van der Waals surface area contributed by atoms with Crippen LogP contribution >= 0.6 is 0 Å². The Morgan fingerprint density at radius 2 is 1.68 bits per heavy atom. The number of nitrogens with zero attached hydrogens (tertiary/aromatic N) is 3. The topological polar surface area (TPSA) is 86.4 Å². The summed E-state index contributed by atoms with van der Waals surface area (Å²) in [6.07, 6.45) is 5.69. The highest BCUT2D eigenvalue weighted by atomic mass is 32.2. The van der Waals surface area contributed by atoms with E-state index in [9.17, 15) is 13.2 Å². The van der Waals surface area contributed by atoms with Gasteiger partial charge in [-0.15, -0.1) is 0 Å². The average molecular weight is 555 g/mol. The zero-order valence-electron chi connectivity index (χ0n) is 22.7. The first-order valence-corrected chi connectivity index (χ1v) is 15.1. The molecule has 0 aliphatic carbocycles. The highest BCUT2D eigenvalue weighted by Crippen LogP contribution is 2.25. The fourth-order valence-electron chi connectivity index (χ4n) is 4.98. The number of unbranched alkanes of at least 4 members (excludes halogenated alkanes) is 1. The number of H-pyrrole nitrogens is 1. The maximum Gasteiger partial charge on any atom is 0.245 e. The first-order chi connectivity index (χ1) is 19.5. The van der Waals surface area contributed by atoms with Crippen LogP contribution in [0.1, 0.15) is 30.9 Å². The summed E-state index contributed by atoms with van der Waals surface area (Å²) in [5, 5.41) is 1.87. The molecule has 0 saturated carbocycles. The molecule has 2 heterocycles. The van der Waals surface area contributed by atoms with Crippen molar-refractivity contribution in [2.75, 3.05) is 19.6 Å². The highest BCUT2D eigenvalue weighted by molar-refractivity contribution is 7.89. The molecule has 3 aromatic carbocycles. The van der Waals surface area contributed by atoms with E-state index >= 15 is 0 Å². The Kier molecular flexibility index (Phi) is 8.57. The van der Waals surface area contributed by atoms with Crippen molar-refractivity contribution in [1.29, 1.82) is 0 Å². The van der Waals surface area contributed by atoms with Gasteiger partial charge in [-0.05, 0) is 42.2 Å². The first-order valence-electron chi connectivity index (χ1n) is 13.7. The minimum atomic E-state index is -3.97. The van der Waals surface area contributed by atoms with Gasteiger partial charge in [0.2, 0.25) is 15.9 Å². The van der Waals surface area contributed by atoms with Crippen LogP contribution in [0.3, 0.4) is 0 Å². The number of hydrogen-bond acceptors (Lipinski definition) is 4. The zero-order chi connectivity index (χ0) is 28.0. The molecule has 0 spiro atoms. The lowest BCUT2D eigenvalue weighted by atomic mass is 10.1. The average Bonchev–Trinajstić information content (AvgIpc) is 3.40. The molecule has 206 valence electrons. The second kappa shape index (κ2) is 12.4. The molecule has 1 amide bonds. The summed E-state index contributed by atoms with van der Waals surface area (Å²) in [5.41, 5.74) is 3.59. The number of nitrogens with one attached hydrogen (secondary N) is 1. The maximum absolute atomic E-state index is 14.0. The van der Waals surface area contributed by atoms with Crippen molar-refractivity contribution in [3.05, 3.63) is 108 Å². The summed E-state index contributed by atoms with van der Waals surface area (Å²) in [7, 11) is -3.97. The van der Waals surface area contributed by atoms with E-state index in [0.717, 1.165) is 33.8 Å². The monoisotopic (exact) mass is 554 g/mol. The smallest absolute Gasteiger partial charge is 0.245 e. The molecule has 7 nitrogen and oxygen atoms in total. The SMILES string of the molecule is CCCCN(CC(=O)N(CCc1c[nH]c2ccccc12)Cc1ccccc1)S(=O)(=O)c1cccc2cccnc12. The van der Waals surface area contributed by atoms with Crippen molar-refractivity contribution in [3.63, 3.8) is 0 Å². The fraction of sp³-hybridized carbons (Fsp3) is 0.250. The molecule has 0 radical (unpaired) electrons. The minimum absolute atomic E-state index is 0.128. The third-order valence-electron chi connectivity index (χ3n) is 7.18. The van der Waals surface area contributed by atoms with Crippen LogP contribution in [0.25, 0.3) is 21.8 Å². The van der Waals surface area contributed by atoms with Crippen molar-refractivity contribution in [2.24, 2.45) is 0 Å². The van der Waals surface area contributed by atoms with Crippen molar-refractivity contribution >= 4 is 37.7 Å². The van der Waals surface area contributed by atoms with Gasteiger partial charge in [0.1, 0.15) is 4.90 Å². The normalized spacial score (nSPS) is 11.8. The van der Waals surface area contributed by atoms with E-state index in [-0.39, 0.29) is 23.9 Å². The molecule has 0 saturated heterocycles. The van der Waals surface area contributed by atoms with Crippen LogP contribution in [-0.4, -0.2) is 53.1 Å². The van der Waals surface area contributed by atoms with Gasteiger partial charge in [-0.25, -0.2) is 8.42 Å². The predicted octanol–water partition coefficient (Wildman–Crippen LogP) is 5.78. The molecular formula is C32H34N4O3S. The molecule has 40 heavy (non-hydrogen) atoms. The van der Waals surface area contributed by atoms with Gasteiger partial charge in [0.15, 0.2) is 0 Å². The number of fused-ring (bicyclic) bond motifs is 2. The standard InChI is InChI=1S/C32H34N4O3S/c1-2-3-20-36(40(38,39)30-17-9-13-26-14-10-19-33-32(26)30)24-31(37)35(23-25-11-5-4-6-12-25)21-18-27-22-34-29-16-8-7-15-28(27)29/h4-17,19,22,34H,2-3,18,20-21,23-24H2,1H3. The predicted molar refractivity (Wildman–Crippen MR) is 159 cm³/mol.